The predicted octanol–water partition coefficient (Wildman–Crippen LogP) is 2.20. The first-order valence-corrected chi connectivity index (χ1v) is 10.5. The highest BCUT2D eigenvalue weighted by Crippen LogP contribution is 2.32. The van der Waals surface area contributed by atoms with Crippen LogP contribution in [0.5, 0.6) is 5.95 Å². The largest absolute Gasteiger partial charge is 0.463 e. The second kappa shape index (κ2) is 10.2. The number of hydrogen-bond acceptors (Lipinski definition) is 5. The van der Waals surface area contributed by atoms with Gasteiger partial charge >= 0.3 is 11.6 Å². The molecule has 0 spiro atoms. The SMILES string of the molecule is NC(=[NH2+])SCCOc1oc(=O)c2cc(NC(=O)CCc3ccccc3)ccc2c1Cl. The predicted molar refractivity (Wildman–Crippen MR) is 120 cm³/mol. The van der Waals surface area contributed by atoms with E-state index in [1.807, 2.05) is 30.3 Å². The van der Waals surface area contributed by atoms with E-state index in [0.29, 0.717) is 29.7 Å². The highest BCUT2D eigenvalue weighted by molar-refractivity contribution is 8.13. The van der Waals surface area contributed by atoms with Gasteiger partial charge in [-0.3, -0.25) is 15.9 Å². The maximum Gasteiger partial charge on any atom is 0.346 e. The van der Waals surface area contributed by atoms with Crippen molar-refractivity contribution in [1.29, 1.82) is 0 Å². The van der Waals surface area contributed by atoms with E-state index in [9.17, 15) is 9.59 Å². The summed E-state index contributed by atoms with van der Waals surface area (Å²) in [5.41, 5.74) is 6.33. The van der Waals surface area contributed by atoms with Gasteiger partial charge in [-0.25, -0.2) is 4.79 Å². The average Bonchev–Trinajstić information content (AvgIpc) is 2.73. The minimum atomic E-state index is -0.609. The van der Waals surface area contributed by atoms with E-state index in [1.54, 1.807) is 12.1 Å². The van der Waals surface area contributed by atoms with Crippen molar-refractivity contribution >= 4 is 50.9 Å². The fourth-order valence-electron chi connectivity index (χ4n) is 2.79. The molecule has 0 saturated carbocycles. The molecule has 0 aliphatic rings. The van der Waals surface area contributed by atoms with Crippen LogP contribution in [0.4, 0.5) is 5.69 Å². The lowest BCUT2D eigenvalue weighted by molar-refractivity contribution is -0.116. The van der Waals surface area contributed by atoms with Gasteiger partial charge < -0.3 is 14.5 Å². The van der Waals surface area contributed by atoms with Gasteiger partial charge in [-0.15, -0.1) is 0 Å². The number of carbonyl (C=O) groups excluding carboxylic acids is 1. The van der Waals surface area contributed by atoms with Crippen LogP contribution in [0.3, 0.4) is 0 Å². The first-order valence-electron chi connectivity index (χ1n) is 9.17. The van der Waals surface area contributed by atoms with Gasteiger partial charge in [-0.05, 0) is 35.9 Å². The first kappa shape index (κ1) is 21.7. The molecule has 7 nitrogen and oxygen atoms in total. The molecule has 0 saturated heterocycles. The minimum absolute atomic E-state index is 0.0648. The third kappa shape index (κ3) is 5.77. The van der Waals surface area contributed by atoms with Crippen LogP contribution >= 0.6 is 23.4 Å². The van der Waals surface area contributed by atoms with E-state index in [0.717, 1.165) is 5.56 Å². The smallest absolute Gasteiger partial charge is 0.346 e. The quantitative estimate of drug-likeness (QED) is 0.277. The molecule has 0 aliphatic carbocycles. The van der Waals surface area contributed by atoms with E-state index < -0.39 is 5.63 Å². The Bertz CT molecular complexity index is 1120. The molecule has 0 fully saturated rings. The molecule has 0 radical (unpaired) electrons. The van der Waals surface area contributed by atoms with Crippen molar-refractivity contribution in [2.24, 2.45) is 5.73 Å². The number of rotatable bonds is 8. The van der Waals surface area contributed by atoms with Gasteiger partial charge in [-0.2, -0.15) is 0 Å². The van der Waals surface area contributed by atoms with Crippen molar-refractivity contribution < 1.29 is 19.4 Å². The molecule has 1 aromatic heterocycles. The average molecular weight is 447 g/mol. The number of ether oxygens (including phenoxy) is 1. The summed E-state index contributed by atoms with van der Waals surface area (Å²) in [4.78, 5) is 24.6. The van der Waals surface area contributed by atoms with Gasteiger partial charge in [0.25, 0.3) is 5.17 Å². The zero-order chi connectivity index (χ0) is 21.5. The molecule has 2 aromatic carbocycles. The molecule has 0 aliphatic heterocycles. The molecule has 156 valence electrons. The number of nitrogens with two attached hydrogens (primary N) is 2. The third-order valence-corrected chi connectivity index (χ3v) is 5.26. The van der Waals surface area contributed by atoms with Crippen molar-refractivity contribution in [3.8, 4) is 5.95 Å². The number of benzene rings is 2. The Morgan fingerprint density at radius 1 is 1.20 bits per heavy atom. The second-order valence-electron chi connectivity index (χ2n) is 6.38. The summed E-state index contributed by atoms with van der Waals surface area (Å²) in [7, 11) is 0. The van der Waals surface area contributed by atoms with E-state index >= 15 is 0 Å². The summed E-state index contributed by atoms with van der Waals surface area (Å²) in [6.45, 7) is 0.215. The second-order valence-corrected chi connectivity index (χ2v) is 7.93. The Balaban J connectivity index is 1.69. The number of halogens is 1. The number of aryl methyl sites for hydroxylation is 1. The highest BCUT2D eigenvalue weighted by atomic mass is 35.5. The Morgan fingerprint density at radius 2 is 1.97 bits per heavy atom. The van der Waals surface area contributed by atoms with Crippen LogP contribution in [0.25, 0.3) is 10.8 Å². The molecule has 0 unspecified atom stereocenters. The normalized spacial score (nSPS) is 10.7. The van der Waals surface area contributed by atoms with Gasteiger partial charge in [0.1, 0.15) is 11.6 Å². The molecule has 1 heterocycles. The number of anilines is 1. The van der Waals surface area contributed by atoms with E-state index in [-0.39, 0.29) is 34.0 Å². The fourth-order valence-corrected chi connectivity index (χ4v) is 3.45. The lowest BCUT2D eigenvalue weighted by Crippen LogP contribution is -2.43. The molecule has 5 N–H and O–H groups in total. The molecule has 0 bridgehead atoms. The van der Waals surface area contributed by atoms with Crippen molar-refractivity contribution in [3.63, 3.8) is 0 Å². The van der Waals surface area contributed by atoms with Crippen molar-refractivity contribution in [3.05, 3.63) is 69.5 Å². The molecular weight excluding hydrogens is 426 g/mol. The van der Waals surface area contributed by atoms with Crippen molar-refractivity contribution in [2.75, 3.05) is 17.7 Å². The maximum absolute atomic E-state index is 12.4. The standard InChI is InChI=1S/C21H20ClN3O4S/c22-18-15-8-7-14(25-17(26)9-6-13-4-2-1-3-5-13)12-16(15)19(27)29-20(18)28-10-11-30-21(23)24/h1-5,7-8,12H,6,9-11H2,(H3,23,24)(H,25,26)/p+1. The van der Waals surface area contributed by atoms with Gasteiger partial charge in [0.15, 0.2) is 0 Å². The molecule has 1 amide bonds. The molecule has 9 heteroatoms. The van der Waals surface area contributed by atoms with Crippen LogP contribution in [-0.2, 0) is 11.2 Å². The summed E-state index contributed by atoms with van der Waals surface area (Å²) in [6, 6.07) is 14.6. The van der Waals surface area contributed by atoms with Crippen LogP contribution in [0.15, 0.2) is 57.7 Å². The third-order valence-electron chi connectivity index (χ3n) is 4.19. The maximum atomic E-state index is 12.4. The van der Waals surface area contributed by atoms with Gasteiger partial charge in [0, 0.05) is 23.2 Å². The van der Waals surface area contributed by atoms with E-state index in [4.69, 9.17) is 31.9 Å². The number of hydrogen-bond donors (Lipinski definition) is 3. The van der Waals surface area contributed by atoms with Crippen LogP contribution in [0.2, 0.25) is 5.02 Å². The summed E-state index contributed by atoms with van der Waals surface area (Å²) in [6.07, 6.45) is 0.952. The molecule has 3 aromatic rings. The van der Waals surface area contributed by atoms with Crippen molar-refractivity contribution in [2.45, 2.75) is 12.8 Å². The molecule has 3 rings (SSSR count). The number of fused-ring (bicyclic) bond motifs is 1. The van der Waals surface area contributed by atoms with Gasteiger partial charge in [0.2, 0.25) is 5.91 Å². The Labute approximate surface area is 182 Å². The van der Waals surface area contributed by atoms with Crippen molar-refractivity contribution in [1.82, 2.24) is 0 Å². The lowest BCUT2D eigenvalue weighted by Gasteiger charge is -2.09. The topological polar surface area (TPSA) is 120 Å². The van der Waals surface area contributed by atoms with E-state index in [2.05, 4.69) is 5.32 Å². The lowest BCUT2D eigenvalue weighted by atomic mass is 10.1. The Kier molecular flexibility index (Phi) is 7.37. The zero-order valence-corrected chi connectivity index (χ0v) is 17.6. The zero-order valence-electron chi connectivity index (χ0n) is 16.0. The van der Waals surface area contributed by atoms with Crippen LogP contribution in [-0.4, -0.2) is 23.4 Å². The number of thioether (sulfide) groups is 1. The van der Waals surface area contributed by atoms with Crippen LogP contribution in [0, 0.1) is 0 Å². The molecule has 0 atom stereocenters. The minimum Gasteiger partial charge on any atom is -0.463 e. The monoisotopic (exact) mass is 446 g/mol. The summed E-state index contributed by atoms with van der Waals surface area (Å²) >= 11 is 7.54. The Morgan fingerprint density at radius 3 is 2.70 bits per heavy atom. The molecule has 30 heavy (non-hydrogen) atoms. The van der Waals surface area contributed by atoms with E-state index in [1.165, 1.54) is 17.8 Å². The summed E-state index contributed by atoms with van der Waals surface area (Å²) < 4.78 is 10.6. The first-order chi connectivity index (χ1) is 14.4. The number of carbonyl (C=O) groups is 1. The molecular formula is C21H21ClN3O4S+. The number of amidine groups is 1. The van der Waals surface area contributed by atoms with Crippen LogP contribution in [0.1, 0.15) is 12.0 Å². The summed E-state index contributed by atoms with van der Waals surface area (Å²) in [5, 5.41) is 9.30. The summed E-state index contributed by atoms with van der Waals surface area (Å²) in [5.74, 6) is 0.265. The van der Waals surface area contributed by atoms with Gasteiger partial charge in [-0.1, -0.05) is 48.0 Å². The fraction of sp³-hybridized carbons (Fsp3) is 0.190. The highest BCUT2D eigenvalue weighted by Gasteiger charge is 2.15. The number of amides is 1. The Hall–Kier alpha value is -2.97. The van der Waals surface area contributed by atoms with Crippen LogP contribution < -0.4 is 26.8 Å². The van der Waals surface area contributed by atoms with Gasteiger partial charge in [0.05, 0.1) is 5.39 Å². The number of nitrogens with one attached hydrogen (secondary N) is 1.